The van der Waals surface area contributed by atoms with Gasteiger partial charge >= 0.3 is 0 Å². The molecule has 0 aromatic heterocycles. The monoisotopic (exact) mass is 289 g/mol. The van der Waals surface area contributed by atoms with Crippen LogP contribution >= 0.6 is 0 Å². The number of hydrogen-bond donors (Lipinski definition) is 2. The minimum Gasteiger partial charge on any atom is -0.317 e. The number of likely N-dealkylation sites (N-methyl/N-ethyl adjacent to an activating group) is 1. The fraction of sp³-hybridized carbons (Fsp3) is 0.818. The Morgan fingerprint density at radius 2 is 1.79 bits per heavy atom. The molecular weight excluding hydrogens is 270 g/mol. The molecule has 1 unspecified atom stereocenters. The molecule has 0 aromatic rings. The van der Waals surface area contributed by atoms with E-state index in [1.807, 2.05) is 0 Å². The maximum Gasteiger partial charge on any atom is 0.244 e. The molecule has 0 radical (unpaired) electrons. The molecule has 1 atom stereocenters. The average molecular weight is 289 g/mol. The fourth-order valence-electron chi connectivity index (χ4n) is 2.53. The molecule has 108 valence electrons. The molecule has 0 spiro atoms. The summed E-state index contributed by atoms with van der Waals surface area (Å²) in [6.45, 7) is 1.35. The maximum atomic E-state index is 12.4. The predicted molar refractivity (Wildman–Crippen MR) is 68.7 cm³/mol. The Bertz CT molecular complexity index is 470. The van der Waals surface area contributed by atoms with Crippen molar-refractivity contribution in [3.05, 3.63) is 0 Å². The molecule has 2 N–H and O–H groups in total. The number of amides is 2. The molecule has 0 saturated carbocycles. The summed E-state index contributed by atoms with van der Waals surface area (Å²) in [5, 5.41) is 4.86. The van der Waals surface area contributed by atoms with Crippen LogP contribution in [0.3, 0.4) is 0 Å². The van der Waals surface area contributed by atoms with Crippen LogP contribution in [-0.4, -0.2) is 56.0 Å². The van der Waals surface area contributed by atoms with Gasteiger partial charge in [-0.2, -0.15) is 4.31 Å². The molecule has 19 heavy (non-hydrogen) atoms. The van der Waals surface area contributed by atoms with Crippen LogP contribution in [0.1, 0.15) is 25.7 Å². The highest BCUT2D eigenvalue weighted by Crippen LogP contribution is 2.21. The first-order chi connectivity index (χ1) is 8.93. The van der Waals surface area contributed by atoms with E-state index >= 15 is 0 Å². The molecule has 0 bridgehead atoms. The lowest BCUT2D eigenvalue weighted by Gasteiger charge is -2.33. The summed E-state index contributed by atoms with van der Waals surface area (Å²) in [6.07, 6.45) is 1.55. The van der Waals surface area contributed by atoms with E-state index in [-0.39, 0.29) is 18.7 Å². The van der Waals surface area contributed by atoms with E-state index in [2.05, 4.69) is 10.6 Å². The van der Waals surface area contributed by atoms with Crippen LogP contribution in [0.25, 0.3) is 0 Å². The number of imide groups is 1. The van der Waals surface area contributed by atoms with E-state index in [0.29, 0.717) is 25.9 Å². The van der Waals surface area contributed by atoms with Crippen LogP contribution in [0.2, 0.25) is 0 Å². The van der Waals surface area contributed by atoms with Crippen molar-refractivity contribution in [3.8, 4) is 0 Å². The van der Waals surface area contributed by atoms with Gasteiger partial charge in [-0.25, -0.2) is 8.42 Å². The molecular formula is C11H19N3O4S. The van der Waals surface area contributed by atoms with Gasteiger partial charge in [0, 0.05) is 13.5 Å². The first kappa shape index (κ1) is 14.4. The molecule has 2 heterocycles. The van der Waals surface area contributed by atoms with Gasteiger partial charge in [-0.15, -0.1) is 0 Å². The highest BCUT2D eigenvalue weighted by Gasteiger charge is 2.39. The summed E-state index contributed by atoms with van der Waals surface area (Å²) >= 11 is 0. The number of rotatable bonds is 3. The summed E-state index contributed by atoms with van der Waals surface area (Å²) in [4.78, 5) is 22.8. The minimum atomic E-state index is -3.49. The number of carbonyl (C=O) groups is 2. The van der Waals surface area contributed by atoms with Gasteiger partial charge in [0.05, 0.1) is 5.25 Å². The lowest BCUT2D eigenvalue weighted by Crippen LogP contribution is -2.55. The molecule has 0 aromatic carbocycles. The lowest BCUT2D eigenvalue weighted by atomic mass is 10.1. The van der Waals surface area contributed by atoms with Crippen molar-refractivity contribution in [3.63, 3.8) is 0 Å². The first-order valence-electron chi connectivity index (χ1n) is 6.44. The van der Waals surface area contributed by atoms with Crippen molar-refractivity contribution in [1.82, 2.24) is 14.9 Å². The number of piperidine rings is 2. The number of carbonyl (C=O) groups excluding carboxylic acids is 2. The normalized spacial score (nSPS) is 26.5. The van der Waals surface area contributed by atoms with Crippen molar-refractivity contribution >= 4 is 21.8 Å². The summed E-state index contributed by atoms with van der Waals surface area (Å²) in [6, 6.07) is -0.766. The van der Waals surface area contributed by atoms with E-state index in [1.54, 1.807) is 0 Å². The van der Waals surface area contributed by atoms with E-state index in [0.717, 1.165) is 4.31 Å². The number of nitrogens with one attached hydrogen (secondary N) is 2. The Labute approximate surface area is 112 Å². The summed E-state index contributed by atoms with van der Waals surface area (Å²) in [5.41, 5.74) is 0. The second kappa shape index (κ2) is 5.56. The predicted octanol–water partition coefficient (Wildman–Crippen LogP) is -1.19. The lowest BCUT2D eigenvalue weighted by molar-refractivity contribution is -0.135. The summed E-state index contributed by atoms with van der Waals surface area (Å²) in [7, 11) is -2.06. The van der Waals surface area contributed by atoms with E-state index < -0.39 is 27.2 Å². The third kappa shape index (κ3) is 2.96. The van der Waals surface area contributed by atoms with Gasteiger partial charge in [-0.05, 0) is 32.4 Å². The molecule has 8 heteroatoms. The average Bonchev–Trinajstić information content (AvgIpc) is 2.39. The van der Waals surface area contributed by atoms with Gasteiger partial charge in [0.2, 0.25) is 21.8 Å². The first-order valence-corrected chi connectivity index (χ1v) is 7.94. The van der Waals surface area contributed by atoms with Crippen molar-refractivity contribution in [2.75, 3.05) is 20.1 Å². The number of nitrogens with zero attached hydrogens (tertiary/aromatic N) is 1. The van der Waals surface area contributed by atoms with Gasteiger partial charge in [0.15, 0.2) is 0 Å². The van der Waals surface area contributed by atoms with Crippen molar-refractivity contribution < 1.29 is 18.0 Å². The molecule has 2 aliphatic heterocycles. The smallest absolute Gasteiger partial charge is 0.244 e. The standard InChI is InChI=1S/C11H19N3O4S/c1-14(9-2-3-10(15)13-11(9)16)19(17,18)8-4-6-12-7-5-8/h8-9,12H,2-7H2,1H3,(H,13,15,16). The molecule has 2 amide bonds. The Balaban J connectivity index is 2.11. The maximum absolute atomic E-state index is 12.4. The van der Waals surface area contributed by atoms with Crippen LogP contribution in [0.5, 0.6) is 0 Å². The van der Waals surface area contributed by atoms with Crippen LogP contribution in [-0.2, 0) is 19.6 Å². The second-order valence-electron chi connectivity index (χ2n) is 4.98. The third-order valence-electron chi connectivity index (χ3n) is 3.76. The van der Waals surface area contributed by atoms with Crippen LogP contribution < -0.4 is 10.6 Å². The largest absolute Gasteiger partial charge is 0.317 e. The Morgan fingerprint density at radius 3 is 2.37 bits per heavy atom. The van der Waals surface area contributed by atoms with Gasteiger partial charge in [-0.3, -0.25) is 14.9 Å². The Morgan fingerprint density at radius 1 is 1.16 bits per heavy atom. The minimum absolute atomic E-state index is 0.183. The Kier molecular flexibility index (Phi) is 4.22. The Hall–Kier alpha value is -0.990. The quantitative estimate of drug-likeness (QED) is 0.637. The highest BCUT2D eigenvalue weighted by molar-refractivity contribution is 7.89. The molecule has 2 aliphatic rings. The van der Waals surface area contributed by atoms with Crippen molar-refractivity contribution in [2.24, 2.45) is 0 Å². The van der Waals surface area contributed by atoms with Crippen LogP contribution in [0, 0.1) is 0 Å². The third-order valence-corrected chi connectivity index (χ3v) is 6.13. The molecule has 2 fully saturated rings. The van der Waals surface area contributed by atoms with Gasteiger partial charge < -0.3 is 5.32 Å². The van der Waals surface area contributed by atoms with Crippen molar-refractivity contribution in [1.29, 1.82) is 0 Å². The SMILES string of the molecule is CN(C1CCC(=O)NC1=O)S(=O)(=O)C1CCNCC1. The zero-order valence-corrected chi connectivity index (χ0v) is 11.7. The van der Waals surface area contributed by atoms with Gasteiger partial charge in [-0.1, -0.05) is 0 Å². The second-order valence-corrected chi connectivity index (χ2v) is 7.25. The number of hydrogen-bond acceptors (Lipinski definition) is 5. The molecule has 2 rings (SSSR count). The summed E-state index contributed by atoms with van der Waals surface area (Å²) < 4.78 is 26.0. The summed E-state index contributed by atoms with van der Waals surface area (Å²) in [5.74, 6) is -0.856. The molecule has 2 saturated heterocycles. The van der Waals surface area contributed by atoms with Crippen molar-refractivity contribution in [2.45, 2.75) is 37.0 Å². The number of sulfonamides is 1. The molecule has 0 aliphatic carbocycles. The highest BCUT2D eigenvalue weighted by atomic mass is 32.2. The van der Waals surface area contributed by atoms with Gasteiger partial charge in [0.1, 0.15) is 6.04 Å². The topological polar surface area (TPSA) is 95.6 Å². The zero-order valence-electron chi connectivity index (χ0n) is 10.9. The zero-order chi connectivity index (χ0) is 14.0. The van der Waals surface area contributed by atoms with E-state index in [4.69, 9.17) is 0 Å². The van der Waals surface area contributed by atoms with Crippen LogP contribution in [0.15, 0.2) is 0 Å². The van der Waals surface area contributed by atoms with E-state index in [1.165, 1.54) is 7.05 Å². The molecule has 7 nitrogen and oxygen atoms in total. The van der Waals surface area contributed by atoms with Crippen LogP contribution in [0.4, 0.5) is 0 Å². The van der Waals surface area contributed by atoms with Gasteiger partial charge in [0.25, 0.3) is 0 Å². The fourth-order valence-corrected chi connectivity index (χ4v) is 4.39. The van der Waals surface area contributed by atoms with E-state index in [9.17, 15) is 18.0 Å².